The third kappa shape index (κ3) is 1.25. The molecule has 0 spiro atoms. The molecular formula is C15H17NO2. The van der Waals surface area contributed by atoms with Gasteiger partial charge in [-0.05, 0) is 50.3 Å². The van der Waals surface area contributed by atoms with Crippen molar-refractivity contribution in [3.63, 3.8) is 0 Å². The molecular weight excluding hydrogens is 226 g/mol. The average Bonchev–Trinajstić information content (AvgIpc) is 2.50. The van der Waals surface area contributed by atoms with E-state index >= 15 is 0 Å². The average molecular weight is 243 g/mol. The molecule has 1 unspecified atom stereocenters. The van der Waals surface area contributed by atoms with E-state index in [-0.39, 0.29) is 17.2 Å². The van der Waals surface area contributed by atoms with E-state index in [0.29, 0.717) is 11.5 Å². The molecule has 0 saturated carbocycles. The number of benzene rings is 1. The highest BCUT2D eigenvalue weighted by molar-refractivity contribution is 6.52. The summed E-state index contributed by atoms with van der Waals surface area (Å²) in [6.07, 6.45) is 0.891. The lowest BCUT2D eigenvalue weighted by molar-refractivity contribution is -0.115. The molecule has 3 heteroatoms. The molecule has 1 aromatic rings. The van der Waals surface area contributed by atoms with Crippen molar-refractivity contribution in [2.45, 2.75) is 45.6 Å². The standard InChI is InChI=1S/C15H17NO2/c1-8-5-10-9(2)7-15(3,4)16-12(10)11(6-8)13(17)14(16)18/h5-6,9H,7H2,1-4H3. The van der Waals surface area contributed by atoms with E-state index in [0.717, 1.165) is 23.2 Å². The van der Waals surface area contributed by atoms with E-state index in [1.165, 1.54) is 0 Å². The second kappa shape index (κ2) is 3.22. The molecule has 2 aliphatic heterocycles. The normalized spacial score (nSPS) is 24.4. The number of nitrogens with zero attached hydrogens (tertiary/aromatic N) is 1. The molecule has 1 atom stereocenters. The van der Waals surface area contributed by atoms with Crippen LogP contribution in [0.5, 0.6) is 0 Å². The van der Waals surface area contributed by atoms with Crippen LogP contribution in [0.2, 0.25) is 0 Å². The number of aryl methyl sites for hydroxylation is 1. The fourth-order valence-electron chi connectivity index (χ4n) is 3.45. The van der Waals surface area contributed by atoms with Crippen LogP contribution < -0.4 is 4.90 Å². The zero-order valence-electron chi connectivity index (χ0n) is 11.2. The molecule has 0 aromatic heterocycles. The Kier molecular flexibility index (Phi) is 2.05. The van der Waals surface area contributed by atoms with Gasteiger partial charge in [0.2, 0.25) is 0 Å². The van der Waals surface area contributed by atoms with Crippen molar-refractivity contribution in [1.82, 2.24) is 0 Å². The van der Waals surface area contributed by atoms with Crippen LogP contribution in [0.15, 0.2) is 12.1 Å². The summed E-state index contributed by atoms with van der Waals surface area (Å²) in [6.45, 7) is 8.21. The van der Waals surface area contributed by atoms with Crippen molar-refractivity contribution in [3.8, 4) is 0 Å². The van der Waals surface area contributed by atoms with Gasteiger partial charge in [-0.15, -0.1) is 0 Å². The first-order chi connectivity index (χ1) is 8.33. The number of carbonyl (C=O) groups excluding carboxylic acids is 2. The number of hydrogen-bond donors (Lipinski definition) is 0. The summed E-state index contributed by atoms with van der Waals surface area (Å²) in [4.78, 5) is 26.0. The monoisotopic (exact) mass is 243 g/mol. The molecule has 2 aliphatic rings. The summed E-state index contributed by atoms with van der Waals surface area (Å²) < 4.78 is 0. The molecule has 0 saturated heterocycles. The van der Waals surface area contributed by atoms with E-state index in [4.69, 9.17) is 0 Å². The van der Waals surface area contributed by atoms with Crippen molar-refractivity contribution in [2.24, 2.45) is 0 Å². The van der Waals surface area contributed by atoms with E-state index in [9.17, 15) is 9.59 Å². The highest BCUT2D eigenvalue weighted by atomic mass is 16.2. The van der Waals surface area contributed by atoms with Crippen molar-refractivity contribution in [1.29, 1.82) is 0 Å². The lowest BCUT2D eigenvalue weighted by Gasteiger charge is -2.43. The van der Waals surface area contributed by atoms with Gasteiger partial charge in [-0.25, -0.2) is 0 Å². The summed E-state index contributed by atoms with van der Waals surface area (Å²) in [7, 11) is 0. The second-order valence-electron chi connectivity index (χ2n) is 6.14. The first-order valence-electron chi connectivity index (χ1n) is 6.36. The minimum atomic E-state index is -0.367. The van der Waals surface area contributed by atoms with Gasteiger partial charge in [-0.3, -0.25) is 14.5 Å². The van der Waals surface area contributed by atoms with Gasteiger partial charge in [0, 0.05) is 5.54 Å². The Morgan fingerprint density at radius 3 is 2.61 bits per heavy atom. The molecule has 0 fully saturated rings. The van der Waals surface area contributed by atoms with Crippen molar-refractivity contribution in [3.05, 3.63) is 28.8 Å². The van der Waals surface area contributed by atoms with Crippen molar-refractivity contribution in [2.75, 3.05) is 4.90 Å². The number of Topliss-reactive ketones (excluding diaryl/α,β-unsaturated/α-hetero) is 1. The Bertz CT molecular complexity index is 586. The van der Waals surface area contributed by atoms with Crippen LogP contribution >= 0.6 is 0 Å². The molecule has 18 heavy (non-hydrogen) atoms. The number of rotatable bonds is 0. The van der Waals surface area contributed by atoms with E-state index < -0.39 is 0 Å². The molecule has 1 aromatic carbocycles. The van der Waals surface area contributed by atoms with Crippen LogP contribution in [-0.4, -0.2) is 17.2 Å². The maximum Gasteiger partial charge on any atom is 0.299 e. The van der Waals surface area contributed by atoms with Gasteiger partial charge in [0.05, 0.1) is 11.3 Å². The highest BCUT2D eigenvalue weighted by Crippen LogP contribution is 2.48. The minimum absolute atomic E-state index is 0.278. The first kappa shape index (κ1) is 11.5. The Balaban J connectivity index is 2.36. The Labute approximate surface area is 107 Å². The van der Waals surface area contributed by atoms with Gasteiger partial charge in [0.1, 0.15) is 0 Å². The third-order valence-corrected chi connectivity index (χ3v) is 4.09. The van der Waals surface area contributed by atoms with Crippen LogP contribution in [-0.2, 0) is 4.79 Å². The number of carbonyl (C=O) groups is 2. The maximum absolute atomic E-state index is 12.2. The Morgan fingerprint density at radius 2 is 1.94 bits per heavy atom. The molecule has 3 nitrogen and oxygen atoms in total. The summed E-state index contributed by atoms with van der Waals surface area (Å²) in [5.41, 5.74) is 3.37. The topological polar surface area (TPSA) is 37.4 Å². The molecule has 3 rings (SSSR count). The zero-order chi connectivity index (χ0) is 13.2. The predicted octanol–water partition coefficient (Wildman–Crippen LogP) is 2.81. The molecule has 0 radical (unpaired) electrons. The van der Waals surface area contributed by atoms with Gasteiger partial charge in [-0.1, -0.05) is 13.0 Å². The lowest BCUT2D eigenvalue weighted by Crippen LogP contribution is -2.50. The van der Waals surface area contributed by atoms with Gasteiger partial charge in [0.15, 0.2) is 0 Å². The second-order valence-corrected chi connectivity index (χ2v) is 6.14. The summed E-state index contributed by atoms with van der Waals surface area (Å²) in [5, 5.41) is 0. The molecule has 0 aliphatic carbocycles. The smallest absolute Gasteiger partial charge is 0.299 e. The highest BCUT2D eigenvalue weighted by Gasteiger charge is 2.48. The van der Waals surface area contributed by atoms with Crippen molar-refractivity contribution >= 4 is 17.4 Å². The fraction of sp³-hybridized carbons (Fsp3) is 0.467. The molecule has 1 amide bonds. The molecule has 2 heterocycles. The Hall–Kier alpha value is -1.64. The van der Waals surface area contributed by atoms with Gasteiger partial charge < -0.3 is 0 Å². The molecule has 0 bridgehead atoms. The van der Waals surface area contributed by atoms with Crippen LogP contribution in [0.1, 0.15) is 54.6 Å². The summed E-state index contributed by atoms with van der Waals surface area (Å²) >= 11 is 0. The SMILES string of the molecule is Cc1cc2c3c(c1)C(C)CC(C)(C)N3C(=O)C2=O. The fourth-order valence-corrected chi connectivity index (χ4v) is 3.45. The molecule has 0 N–H and O–H groups in total. The largest absolute Gasteiger partial charge is 0.299 e. The maximum atomic E-state index is 12.2. The quantitative estimate of drug-likeness (QED) is 0.657. The summed E-state index contributed by atoms with van der Waals surface area (Å²) in [5.74, 6) is -0.338. The van der Waals surface area contributed by atoms with Gasteiger partial charge >= 0.3 is 0 Å². The lowest BCUT2D eigenvalue weighted by atomic mass is 9.80. The third-order valence-electron chi connectivity index (χ3n) is 4.09. The number of amides is 1. The predicted molar refractivity (Wildman–Crippen MR) is 70.1 cm³/mol. The van der Waals surface area contributed by atoms with Crippen molar-refractivity contribution < 1.29 is 9.59 Å². The number of anilines is 1. The zero-order valence-corrected chi connectivity index (χ0v) is 11.2. The van der Waals surface area contributed by atoms with Gasteiger partial charge in [0.25, 0.3) is 11.7 Å². The minimum Gasteiger partial charge on any atom is -0.299 e. The number of hydrogen-bond acceptors (Lipinski definition) is 2. The van der Waals surface area contributed by atoms with Crippen LogP contribution in [0, 0.1) is 6.92 Å². The first-order valence-corrected chi connectivity index (χ1v) is 6.36. The van der Waals surface area contributed by atoms with E-state index in [2.05, 4.69) is 13.0 Å². The van der Waals surface area contributed by atoms with Crippen LogP contribution in [0.3, 0.4) is 0 Å². The van der Waals surface area contributed by atoms with Gasteiger partial charge in [-0.2, -0.15) is 0 Å². The van der Waals surface area contributed by atoms with E-state index in [1.54, 1.807) is 4.90 Å². The number of ketones is 1. The Morgan fingerprint density at radius 1 is 1.28 bits per heavy atom. The molecule has 94 valence electrons. The van der Waals surface area contributed by atoms with Crippen LogP contribution in [0.4, 0.5) is 5.69 Å². The van der Waals surface area contributed by atoms with Crippen LogP contribution in [0.25, 0.3) is 0 Å². The summed E-state index contributed by atoms with van der Waals surface area (Å²) in [6, 6.07) is 3.95. The van der Waals surface area contributed by atoms with E-state index in [1.807, 2.05) is 26.8 Å².